The molecule has 0 aliphatic rings. The number of aromatic nitrogens is 2. The highest BCUT2D eigenvalue weighted by atomic mass is 35.5. The van der Waals surface area contributed by atoms with Crippen molar-refractivity contribution in [1.82, 2.24) is 10.2 Å². The fraction of sp³-hybridized carbons (Fsp3) is 0.0667. The van der Waals surface area contributed by atoms with Crippen molar-refractivity contribution in [3.05, 3.63) is 64.4 Å². The zero-order valence-corrected chi connectivity index (χ0v) is 12.0. The van der Waals surface area contributed by atoms with Gasteiger partial charge in [-0.25, -0.2) is 0 Å². The second kappa shape index (κ2) is 5.65. The van der Waals surface area contributed by atoms with Crippen LogP contribution in [0.15, 0.2) is 48.5 Å². The molecule has 0 unspecified atom stereocenters. The fourth-order valence-corrected chi connectivity index (χ4v) is 2.42. The minimum atomic E-state index is 0.314. The molecule has 20 heavy (non-hydrogen) atoms. The van der Waals surface area contributed by atoms with E-state index in [1.165, 1.54) is 16.3 Å². The Hall–Kier alpha value is -1.84. The minimum absolute atomic E-state index is 0.314. The molecule has 0 saturated carbocycles. The lowest BCUT2D eigenvalue weighted by Gasteiger charge is -2.10. The van der Waals surface area contributed by atoms with E-state index in [4.69, 9.17) is 23.2 Å². The number of rotatable bonds is 3. The normalized spacial score (nSPS) is 10.7. The Morgan fingerprint density at radius 1 is 0.950 bits per heavy atom. The van der Waals surface area contributed by atoms with E-state index in [2.05, 4.69) is 39.8 Å². The van der Waals surface area contributed by atoms with Crippen LogP contribution in [0.1, 0.15) is 5.56 Å². The molecule has 2 aromatic carbocycles. The number of fused-ring (bicyclic) bond motifs is 1. The van der Waals surface area contributed by atoms with Gasteiger partial charge in [-0.15, -0.1) is 10.2 Å². The average molecular weight is 304 g/mol. The van der Waals surface area contributed by atoms with Crippen molar-refractivity contribution in [2.24, 2.45) is 0 Å². The Labute approximate surface area is 126 Å². The van der Waals surface area contributed by atoms with Gasteiger partial charge in [0.15, 0.2) is 10.3 Å². The summed E-state index contributed by atoms with van der Waals surface area (Å²) in [6, 6.07) is 16.1. The third kappa shape index (κ3) is 2.69. The van der Waals surface area contributed by atoms with Crippen LogP contribution in [0.2, 0.25) is 10.3 Å². The van der Waals surface area contributed by atoms with E-state index in [1.807, 2.05) is 18.2 Å². The Bertz CT molecular complexity index is 754. The quantitative estimate of drug-likeness (QED) is 0.771. The molecular formula is C15H11Cl2N3. The van der Waals surface area contributed by atoms with E-state index >= 15 is 0 Å². The van der Waals surface area contributed by atoms with Crippen LogP contribution in [0.3, 0.4) is 0 Å². The van der Waals surface area contributed by atoms with Gasteiger partial charge in [-0.05, 0) is 16.3 Å². The number of hydrogen-bond acceptors (Lipinski definition) is 3. The number of hydrogen-bond donors (Lipinski definition) is 1. The smallest absolute Gasteiger partial charge is 0.174 e. The highest BCUT2D eigenvalue weighted by molar-refractivity contribution is 6.33. The lowest BCUT2D eigenvalue weighted by Crippen LogP contribution is -2.02. The Morgan fingerprint density at radius 2 is 1.75 bits per heavy atom. The van der Waals surface area contributed by atoms with Gasteiger partial charge in [0.1, 0.15) is 0 Å². The first kappa shape index (κ1) is 13.2. The summed E-state index contributed by atoms with van der Waals surface area (Å²) >= 11 is 11.8. The van der Waals surface area contributed by atoms with Crippen molar-refractivity contribution in [3.8, 4) is 0 Å². The number of benzene rings is 2. The SMILES string of the molecule is Clc1cc(NCc2cccc3ccccc23)c(Cl)nn1. The molecule has 1 heterocycles. The lowest BCUT2D eigenvalue weighted by atomic mass is 10.0. The summed E-state index contributed by atoms with van der Waals surface area (Å²) in [5.41, 5.74) is 1.87. The van der Waals surface area contributed by atoms with Crippen molar-refractivity contribution in [2.45, 2.75) is 6.54 Å². The molecule has 3 aromatic rings. The summed E-state index contributed by atoms with van der Waals surface area (Å²) in [7, 11) is 0. The molecule has 0 radical (unpaired) electrons. The summed E-state index contributed by atoms with van der Waals surface area (Å²) in [4.78, 5) is 0. The molecule has 1 aromatic heterocycles. The summed E-state index contributed by atoms with van der Waals surface area (Å²) in [5.74, 6) is 0. The molecule has 1 N–H and O–H groups in total. The third-order valence-electron chi connectivity index (χ3n) is 3.07. The second-order valence-corrected chi connectivity index (χ2v) is 5.11. The van der Waals surface area contributed by atoms with Crippen LogP contribution < -0.4 is 5.32 Å². The predicted molar refractivity (Wildman–Crippen MR) is 83.3 cm³/mol. The van der Waals surface area contributed by atoms with Crippen LogP contribution in [0.25, 0.3) is 10.8 Å². The van der Waals surface area contributed by atoms with Gasteiger partial charge in [0.25, 0.3) is 0 Å². The zero-order chi connectivity index (χ0) is 13.9. The Morgan fingerprint density at radius 3 is 2.65 bits per heavy atom. The van der Waals surface area contributed by atoms with Crippen molar-refractivity contribution in [1.29, 1.82) is 0 Å². The van der Waals surface area contributed by atoms with Crippen LogP contribution in [-0.2, 0) is 6.54 Å². The van der Waals surface area contributed by atoms with E-state index in [0.717, 1.165) is 0 Å². The van der Waals surface area contributed by atoms with E-state index in [9.17, 15) is 0 Å². The molecule has 0 aliphatic heterocycles. The summed E-state index contributed by atoms with van der Waals surface area (Å²) < 4.78 is 0. The number of nitrogens with one attached hydrogen (secondary N) is 1. The first-order chi connectivity index (χ1) is 9.74. The number of nitrogens with zero attached hydrogens (tertiary/aromatic N) is 2. The van der Waals surface area contributed by atoms with Gasteiger partial charge >= 0.3 is 0 Å². The van der Waals surface area contributed by atoms with Crippen LogP contribution in [0.5, 0.6) is 0 Å². The summed E-state index contributed by atoms with van der Waals surface area (Å²) in [6.45, 7) is 0.642. The van der Waals surface area contributed by atoms with Crippen LogP contribution in [-0.4, -0.2) is 10.2 Å². The largest absolute Gasteiger partial charge is 0.378 e. The zero-order valence-electron chi connectivity index (χ0n) is 10.5. The molecule has 3 nitrogen and oxygen atoms in total. The highest BCUT2D eigenvalue weighted by Gasteiger charge is 2.05. The van der Waals surface area contributed by atoms with E-state index in [0.29, 0.717) is 22.5 Å². The molecule has 0 aliphatic carbocycles. The molecule has 0 spiro atoms. The highest BCUT2D eigenvalue weighted by Crippen LogP contribution is 2.23. The number of anilines is 1. The van der Waals surface area contributed by atoms with E-state index in [-0.39, 0.29) is 0 Å². The first-order valence-electron chi connectivity index (χ1n) is 6.13. The van der Waals surface area contributed by atoms with Gasteiger partial charge in [-0.3, -0.25) is 0 Å². The van der Waals surface area contributed by atoms with Crippen LogP contribution >= 0.6 is 23.2 Å². The molecular weight excluding hydrogens is 293 g/mol. The molecule has 0 fully saturated rings. The topological polar surface area (TPSA) is 37.8 Å². The minimum Gasteiger partial charge on any atom is -0.378 e. The van der Waals surface area contributed by atoms with Crippen molar-refractivity contribution in [2.75, 3.05) is 5.32 Å². The standard InChI is InChI=1S/C15H11Cl2N3/c16-14-8-13(15(17)20-19-14)18-9-11-6-3-5-10-4-1-2-7-12(10)11/h1-8H,9H2,(H,18,19). The molecule has 100 valence electrons. The van der Waals surface area contributed by atoms with Crippen molar-refractivity contribution >= 4 is 39.7 Å². The fourth-order valence-electron chi connectivity index (χ4n) is 2.11. The Balaban J connectivity index is 1.89. The van der Waals surface area contributed by atoms with Crippen molar-refractivity contribution < 1.29 is 0 Å². The summed E-state index contributed by atoms with van der Waals surface area (Å²) in [6.07, 6.45) is 0. The maximum Gasteiger partial charge on any atom is 0.174 e. The third-order valence-corrected chi connectivity index (χ3v) is 3.53. The predicted octanol–water partition coefficient (Wildman–Crippen LogP) is 4.55. The molecule has 3 rings (SSSR count). The van der Waals surface area contributed by atoms with Crippen LogP contribution in [0.4, 0.5) is 5.69 Å². The van der Waals surface area contributed by atoms with E-state index in [1.54, 1.807) is 6.07 Å². The monoisotopic (exact) mass is 303 g/mol. The number of halogens is 2. The van der Waals surface area contributed by atoms with E-state index < -0.39 is 0 Å². The molecule has 0 bridgehead atoms. The van der Waals surface area contributed by atoms with Gasteiger partial charge in [0, 0.05) is 12.6 Å². The lowest BCUT2D eigenvalue weighted by molar-refractivity contribution is 1.02. The van der Waals surface area contributed by atoms with Crippen LogP contribution in [0, 0.1) is 0 Å². The maximum absolute atomic E-state index is 5.99. The van der Waals surface area contributed by atoms with Crippen molar-refractivity contribution in [3.63, 3.8) is 0 Å². The molecule has 5 heteroatoms. The Kier molecular flexibility index (Phi) is 3.72. The molecule has 0 saturated heterocycles. The van der Waals surface area contributed by atoms with Gasteiger partial charge in [0.2, 0.25) is 0 Å². The average Bonchev–Trinajstić information content (AvgIpc) is 2.48. The molecule has 0 amide bonds. The second-order valence-electron chi connectivity index (χ2n) is 4.36. The van der Waals surface area contributed by atoms with Gasteiger partial charge in [0.05, 0.1) is 5.69 Å². The maximum atomic E-state index is 5.99. The molecule has 0 atom stereocenters. The summed E-state index contributed by atoms with van der Waals surface area (Å²) in [5, 5.41) is 13.8. The first-order valence-corrected chi connectivity index (χ1v) is 6.89. The van der Waals surface area contributed by atoms with Gasteiger partial charge in [-0.1, -0.05) is 65.7 Å². The van der Waals surface area contributed by atoms with Gasteiger partial charge < -0.3 is 5.32 Å². The van der Waals surface area contributed by atoms with Gasteiger partial charge in [-0.2, -0.15) is 0 Å².